The molecule has 0 saturated heterocycles. The van der Waals surface area contributed by atoms with Gasteiger partial charge >= 0.3 is 12.8 Å². The van der Waals surface area contributed by atoms with Gasteiger partial charge in [0.2, 0.25) is 0 Å². The quantitative estimate of drug-likeness (QED) is 0.442. The zero-order valence-electron chi connectivity index (χ0n) is 13.1. The number of nitrogens with zero attached hydrogens (tertiary/aromatic N) is 1. The number of hydrazine groups is 1. The lowest BCUT2D eigenvalue weighted by Gasteiger charge is -2.12. The molecule has 0 atom stereocenters. The summed E-state index contributed by atoms with van der Waals surface area (Å²) >= 11 is 0. The number of rotatable bonds is 6. The number of hydrogen-bond acceptors (Lipinski definition) is 5. The summed E-state index contributed by atoms with van der Waals surface area (Å²) in [6, 6.07) is 6.22. The van der Waals surface area contributed by atoms with Crippen molar-refractivity contribution >= 4 is 17.3 Å². The van der Waals surface area contributed by atoms with E-state index in [9.17, 15) is 36.9 Å². The number of carbonyl (C=O) groups is 1. The molecule has 0 aliphatic heterocycles. The van der Waals surface area contributed by atoms with Gasteiger partial charge in [0.05, 0.1) is 10.5 Å². The largest absolute Gasteiger partial charge is 0.435 e. The van der Waals surface area contributed by atoms with Crippen molar-refractivity contribution in [3.8, 4) is 5.75 Å². The van der Waals surface area contributed by atoms with Gasteiger partial charge in [-0.1, -0.05) is 0 Å². The molecule has 0 fully saturated rings. The van der Waals surface area contributed by atoms with E-state index < -0.39 is 34.9 Å². The van der Waals surface area contributed by atoms with E-state index in [4.69, 9.17) is 0 Å². The van der Waals surface area contributed by atoms with Crippen LogP contribution in [0.5, 0.6) is 5.75 Å². The van der Waals surface area contributed by atoms with Crippen LogP contribution in [0.25, 0.3) is 0 Å². The summed E-state index contributed by atoms with van der Waals surface area (Å²) in [7, 11) is 0. The lowest BCUT2D eigenvalue weighted by atomic mass is 10.1. The van der Waals surface area contributed by atoms with E-state index in [1.807, 2.05) is 0 Å². The minimum atomic E-state index is -4.77. The first-order valence-electron chi connectivity index (χ1n) is 7.05. The van der Waals surface area contributed by atoms with Gasteiger partial charge in [0, 0.05) is 11.6 Å². The first-order valence-corrected chi connectivity index (χ1v) is 7.05. The molecular formula is C15H10F5N3O4. The number of nitrogens with one attached hydrogen (secondary N) is 2. The van der Waals surface area contributed by atoms with Crippen molar-refractivity contribution in [3.05, 3.63) is 63.7 Å². The fraction of sp³-hybridized carbons (Fsp3) is 0.133. The summed E-state index contributed by atoms with van der Waals surface area (Å²) in [4.78, 5) is 21.9. The van der Waals surface area contributed by atoms with Gasteiger partial charge in [0.25, 0.3) is 11.6 Å². The highest BCUT2D eigenvalue weighted by Gasteiger charge is 2.33. The van der Waals surface area contributed by atoms with Crippen LogP contribution in [0.2, 0.25) is 0 Å². The minimum Gasteiger partial charge on any atom is -0.435 e. The van der Waals surface area contributed by atoms with Crippen LogP contribution in [0.4, 0.5) is 33.3 Å². The molecule has 1 amide bonds. The van der Waals surface area contributed by atoms with Crippen molar-refractivity contribution in [2.24, 2.45) is 0 Å². The molecule has 2 aromatic carbocycles. The van der Waals surface area contributed by atoms with Crippen molar-refractivity contribution in [1.29, 1.82) is 0 Å². The van der Waals surface area contributed by atoms with E-state index in [2.05, 4.69) is 15.6 Å². The highest BCUT2D eigenvalue weighted by Crippen LogP contribution is 2.34. The number of anilines is 1. The highest BCUT2D eigenvalue weighted by atomic mass is 19.4. The van der Waals surface area contributed by atoms with Gasteiger partial charge in [-0.2, -0.15) is 22.0 Å². The summed E-state index contributed by atoms with van der Waals surface area (Å²) in [5, 5.41) is 11.0. The molecule has 0 unspecified atom stereocenters. The van der Waals surface area contributed by atoms with Gasteiger partial charge in [-0.15, -0.1) is 0 Å². The number of ether oxygens (including phenoxy) is 1. The van der Waals surface area contributed by atoms with Gasteiger partial charge in [0.15, 0.2) is 0 Å². The van der Waals surface area contributed by atoms with Crippen LogP contribution in [0.1, 0.15) is 15.9 Å². The Hall–Kier alpha value is -3.44. The van der Waals surface area contributed by atoms with Crippen LogP contribution in [-0.2, 0) is 6.18 Å². The average Bonchev–Trinajstić information content (AvgIpc) is 2.58. The van der Waals surface area contributed by atoms with Crippen LogP contribution in [0.15, 0.2) is 42.5 Å². The molecule has 0 aromatic heterocycles. The molecule has 2 aromatic rings. The van der Waals surface area contributed by atoms with Gasteiger partial charge in [-0.3, -0.25) is 25.8 Å². The van der Waals surface area contributed by atoms with Crippen LogP contribution < -0.4 is 15.6 Å². The molecule has 0 aliphatic carbocycles. The fourth-order valence-electron chi connectivity index (χ4n) is 1.95. The molecule has 0 spiro atoms. The number of benzene rings is 2. The number of nitro groups is 1. The van der Waals surface area contributed by atoms with E-state index in [0.717, 1.165) is 30.3 Å². The zero-order valence-corrected chi connectivity index (χ0v) is 13.1. The summed E-state index contributed by atoms with van der Waals surface area (Å²) in [5.41, 5.74) is 1.71. The van der Waals surface area contributed by atoms with E-state index in [1.54, 1.807) is 0 Å². The normalized spacial score (nSPS) is 11.2. The molecule has 0 aliphatic rings. The first-order chi connectivity index (χ1) is 12.6. The number of alkyl halides is 5. The summed E-state index contributed by atoms with van der Waals surface area (Å²) < 4.78 is 66.1. The van der Waals surface area contributed by atoms with Crippen LogP contribution in [0.3, 0.4) is 0 Å². The predicted molar refractivity (Wildman–Crippen MR) is 82.3 cm³/mol. The topological polar surface area (TPSA) is 93.5 Å². The Labute approximate surface area is 147 Å². The standard InChI is InChI=1S/C15H10F5N3O4/c16-14(17)27-10-4-1-8(2-5-10)13(24)22-21-11-6-3-9(15(18,19)20)7-12(11)23(25)26/h1-7,14,21H,(H,22,24). The van der Waals surface area contributed by atoms with Gasteiger partial charge in [-0.25, -0.2) is 0 Å². The number of nitro benzene ring substituents is 1. The number of carbonyl (C=O) groups excluding carboxylic acids is 1. The predicted octanol–water partition coefficient (Wildman–Crippen LogP) is 3.97. The van der Waals surface area contributed by atoms with E-state index in [-0.39, 0.29) is 17.0 Å². The second kappa shape index (κ2) is 7.85. The Balaban J connectivity index is 2.11. The van der Waals surface area contributed by atoms with E-state index in [1.165, 1.54) is 0 Å². The molecule has 2 N–H and O–H groups in total. The third-order valence-corrected chi connectivity index (χ3v) is 3.17. The van der Waals surface area contributed by atoms with Crippen LogP contribution in [-0.4, -0.2) is 17.4 Å². The molecule has 12 heteroatoms. The Morgan fingerprint density at radius 1 is 1.11 bits per heavy atom. The van der Waals surface area contributed by atoms with Gasteiger partial charge < -0.3 is 4.74 Å². The lowest BCUT2D eigenvalue weighted by Crippen LogP contribution is -2.29. The lowest BCUT2D eigenvalue weighted by molar-refractivity contribution is -0.384. The molecular weight excluding hydrogens is 381 g/mol. The van der Waals surface area contributed by atoms with Crippen molar-refractivity contribution in [1.82, 2.24) is 5.43 Å². The maximum atomic E-state index is 12.6. The monoisotopic (exact) mass is 391 g/mol. The fourth-order valence-corrected chi connectivity index (χ4v) is 1.95. The highest BCUT2D eigenvalue weighted by molar-refractivity contribution is 5.95. The second-order valence-corrected chi connectivity index (χ2v) is 4.97. The minimum absolute atomic E-state index is 0.0151. The molecule has 2 rings (SSSR count). The molecule has 0 radical (unpaired) electrons. The Kier molecular flexibility index (Phi) is 5.78. The van der Waals surface area contributed by atoms with E-state index >= 15 is 0 Å². The van der Waals surface area contributed by atoms with E-state index in [0.29, 0.717) is 12.1 Å². The maximum Gasteiger partial charge on any atom is 0.416 e. The second-order valence-electron chi connectivity index (χ2n) is 4.97. The number of amides is 1. The van der Waals surface area contributed by atoms with Gasteiger partial charge in [0.1, 0.15) is 11.4 Å². The third kappa shape index (κ3) is 5.26. The SMILES string of the molecule is O=C(NNc1ccc(C(F)(F)F)cc1[N+](=O)[O-])c1ccc(OC(F)F)cc1. The molecule has 144 valence electrons. The van der Waals surface area contributed by atoms with Crippen LogP contribution in [0, 0.1) is 10.1 Å². The summed E-state index contributed by atoms with van der Waals surface area (Å²) in [6.07, 6.45) is -4.77. The summed E-state index contributed by atoms with van der Waals surface area (Å²) in [6.45, 7) is -3.04. The number of halogens is 5. The molecule has 0 saturated carbocycles. The molecule has 27 heavy (non-hydrogen) atoms. The van der Waals surface area contributed by atoms with Gasteiger partial charge in [-0.05, 0) is 36.4 Å². The smallest absolute Gasteiger partial charge is 0.416 e. The Morgan fingerprint density at radius 2 is 1.74 bits per heavy atom. The van der Waals surface area contributed by atoms with Crippen molar-refractivity contribution in [2.75, 3.05) is 5.43 Å². The van der Waals surface area contributed by atoms with Crippen LogP contribution >= 0.6 is 0 Å². The third-order valence-electron chi connectivity index (χ3n) is 3.17. The molecule has 7 nitrogen and oxygen atoms in total. The number of hydrogen-bond donors (Lipinski definition) is 2. The zero-order chi connectivity index (χ0) is 20.2. The molecule has 0 heterocycles. The van der Waals surface area contributed by atoms with Crippen molar-refractivity contribution in [2.45, 2.75) is 12.8 Å². The average molecular weight is 391 g/mol. The maximum absolute atomic E-state index is 12.6. The van der Waals surface area contributed by atoms with Crippen molar-refractivity contribution in [3.63, 3.8) is 0 Å². The summed E-state index contributed by atoms with van der Waals surface area (Å²) in [5.74, 6) is -0.999. The first kappa shape index (κ1) is 19.9. The Bertz CT molecular complexity index is 840. The van der Waals surface area contributed by atoms with Crippen molar-refractivity contribution < 1.29 is 36.4 Å². The Morgan fingerprint density at radius 3 is 2.26 bits per heavy atom. The molecule has 0 bridgehead atoms.